The van der Waals surface area contributed by atoms with Gasteiger partial charge in [0.1, 0.15) is 0 Å². The van der Waals surface area contributed by atoms with Crippen molar-refractivity contribution < 1.29 is 4.74 Å². The summed E-state index contributed by atoms with van der Waals surface area (Å²) in [4.78, 5) is 2.22. The number of ether oxygens (including phenoxy) is 1. The fraction of sp³-hybridized carbons (Fsp3) is 0.765. The molecule has 1 aromatic rings. The highest BCUT2D eigenvalue weighted by atomic mass is 16.5. The maximum Gasteiger partial charge on any atom is 0.0929 e. The standard InChI is InChI=1S/C17H24N4O/c18-6-8-20-7-5-17-15(10-20)16(12-22-11-14-3-4-14)19-21(17)9-13-1-2-13/h13-14H,1-5,7-12H2. The lowest BCUT2D eigenvalue weighted by Crippen LogP contribution is -2.31. The summed E-state index contributed by atoms with van der Waals surface area (Å²) in [5.41, 5.74) is 3.84. The van der Waals surface area contributed by atoms with E-state index < -0.39 is 0 Å². The van der Waals surface area contributed by atoms with Crippen LogP contribution in [0.25, 0.3) is 0 Å². The van der Waals surface area contributed by atoms with E-state index in [2.05, 4.69) is 15.7 Å². The van der Waals surface area contributed by atoms with Gasteiger partial charge in [-0.1, -0.05) is 0 Å². The van der Waals surface area contributed by atoms with Crippen LogP contribution < -0.4 is 0 Å². The molecule has 118 valence electrons. The number of aromatic nitrogens is 2. The summed E-state index contributed by atoms with van der Waals surface area (Å²) in [5.74, 6) is 1.63. The monoisotopic (exact) mass is 300 g/mol. The largest absolute Gasteiger partial charge is 0.375 e. The minimum atomic E-state index is 0.510. The molecule has 5 heteroatoms. The van der Waals surface area contributed by atoms with E-state index in [1.165, 1.54) is 36.9 Å². The van der Waals surface area contributed by atoms with Crippen LogP contribution in [0, 0.1) is 23.2 Å². The van der Waals surface area contributed by atoms with E-state index in [4.69, 9.17) is 15.1 Å². The van der Waals surface area contributed by atoms with Gasteiger partial charge in [-0.3, -0.25) is 9.58 Å². The minimum absolute atomic E-state index is 0.510. The maximum atomic E-state index is 8.94. The molecule has 0 saturated heterocycles. The summed E-state index contributed by atoms with van der Waals surface area (Å²) in [7, 11) is 0. The summed E-state index contributed by atoms with van der Waals surface area (Å²) in [6.07, 6.45) is 6.36. The third kappa shape index (κ3) is 3.18. The highest BCUT2D eigenvalue weighted by Crippen LogP contribution is 2.33. The van der Waals surface area contributed by atoms with E-state index in [1.807, 2.05) is 0 Å². The lowest BCUT2D eigenvalue weighted by Gasteiger charge is -2.25. The van der Waals surface area contributed by atoms with Gasteiger partial charge >= 0.3 is 0 Å². The molecule has 5 nitrogen and oxygen atoms in total. The molecule has 0 unspecified atom stereocenters. The zero-order valence-corrected chi connectivity index (χ0v) is 13.1. The highest BCUT2D eigenvalue weighted by molar-refractivity contribution is 5.29. The Hall–Kier alpha value is -1.38. The van der Waals surface area contributed by atoms with Crippen molar-refractivity contribution >= 4 is 0 Å². The molecule has 0 spiro atoms. The van der Waals surface area contributed by atoms with Crippen molar-refractivity contribution in [3.05, 3.63) is 17.0 Å². The van der Waals surface area contributed by atoms with E-state index in [0.717, 1.165) is 50.2 Å². The lowest BCUT2D eigenvalue weighted by molar-refractivity contribution is 0.107. The van der Waals surface area contributed by atoms with Crippen molar-refractivity contribution in [1.29, 1.82) is 5.26 Å². The van der Waals surface area contributed by atoms with Crippen LogP contribution in [0.3, 0.4) is 0 Å². The van der Waals surface area contributed by atoms with Crippen LogP contribution in [-0.4, -0.2) is 34.4 Å². The first-order chi connectivity index (χ1) is 10.8. The van der Waals surface area contributed by atoms with E-state index in [9.17, 15) is 0 Å². The van der Waals surface area contributed by atoms with Crippen LogP contribution in [0.2, 0.25) is 0 Å². The van der Waals surface area contributed by atoms with Gasteiger partial charge in [-0.25, -0.2) is 0 Å². The molecule has 0 atom stereocenters. The molecule has 0 aromatic carbocycles. The Morgan fingerprint density at radius 2 is 2.05 bits per heavy atom. The number of hydrogen-bond donors (Lipinski definition) is 0. The predicted octanol–water partition coefficient (Wildman–Crippen LogP) is 2.10. The van der Waals surface area contributed by atoms with Crippen LogP contribution in [0.1, 0.15) is 42.6 Å². The van der Waals surface area contributed by atoms with Crippen molar-refractivity contribution in [2.24, 2.45) is 11.8 Å². The van der Waals surface area contributed by atoms with Crippen LogP contribution in [0.4, 0.5) is 0 Å². The quantitative estimate of drug-likeness (QED) is 0.724. The molecule has 2 saturated carbocycles. The van der Waals surface area contributed by atoms with E-state index in [-0.39, 0.29) is 0 Å². The molecule has 4 rings (SSSR count). The van der Waals surface area contributed by atoms with Gasteiger partial charge in [-0.15, -0.1) is 0 Å². The van der Waals surface area contributed by atoms with E-state index in [0.29, 0.717) is 13.2 Å². The van der Waals surface area contributed by atoms with Gasteiger partial charge in [0.25, 0.3) is 0 Å². The zero-order chi connectivity index (χ0) is 14.9. The highest BCUT2D eigenvalue weighted by Gasteiger charge is 2.29. The molecular formula is C17H24N4O. The average molecular weight is 300 g/mol. The Bertz CT molecular complexity index is 580. The van der Waals surface area contributed by atoms with Gasteiger partial charge in [0, 0.05) is 43.9 Å². The van der Waals surface area contributed by atoms with Gasteiger partial charge in [0.2, 0.25) is 0 Å². The van der Waals surface area contributed by atoms with Crippen molar-refractivity contribution in [2.45, 2.75) is 51.8 Å². The second-order valence-electron chi connectivity index (χ2n) is 7.07. The molecule has 1 aliphatic heterocycles. The van der Waals surface area contributed by atoms with Crippen molar-refractivity contribution in [3.63, 3.8) is 0 Å². The Balaban J connectivity index is 1.50. The van der Waals surface area contributed by atoms with Crippen molar-refractivity contribution in [3.8, 4) is 6.07 Å². The molecule has 2 fully saturated rings. The summed E-state index contributed by atoms with van der Waals surface area (Å²) >= 11 is 0. The molecule has 0 N–H and O–H groups in total. The molecule has 0 bridgehead atoms. The number of nitriles is 1. The van der Waals surface area contributed by atoms with Gasteiger partial charge in [-0.2, -0.15) is 10.4 Å². The molecule has 0 amide bonds. The normalized spacial score (nSPS) is 21.6. The summed E-state index contributed by atoms with van der Waals surface area (Å²) in [5, 5.41) is 13.8. The molecule has 3 aliphatic rings. The molecule has 2 heterocycles. The number of rotatable bonds is 7. The second kappa shape index (κ2) is 6.02. The fourth-order valence-electron chi connectivity index (χ4n) is 3.27. The second-order valence-corrected chi connectivity index (χ2v) is 7.07. The first-order valence-electron chi connectivity index (χ1n) is 8.58. The smallest absolute Gasteiger partial charge is 0.0929 e. The lowest BCUT2D eigenvalue weighted by atomic mass is 10.1. The minimum Gasteiger partial charge on any atom is -0.375 e. The summed E-state index contributed by atoms with van der Waals surface area (Å²) in [6, 6.07) is 2.27. The van der Waals surface area contributed by atoms with Crippen molar-refractivity contribution in [1.82, 2.24) is 14.7 Å². The van der Waals surface area contributed by atoms with Gasteiger partial charge < -0.3 is 4.74 Å². The van der Waals surface area contributed by atoms with Gasteiger partial charge in [0.05, 0.1) is 24.9 Å². The number of nitrogens with zero attached hydrogens (tertiary/aromatic N) is 4. The molecular weight excluding hydrogens is 276 g/mol. The summed E-state index contributed by atoms with van der Waals surface area (Å²) in [6.45, 7) is 4.93. The van der Waals surface area contributed by atoms with Crippen LogP contribution in [0.5, 0.6) is 0 Å². The van der Waals surface area contributed by atoms with Crippen LogP contribution in [0.15, 0.2) is 0 Å². The Morgan fingerprint density at radius 3 is 2.77 bits per heavy atom. The SMILES string of the molecule is N#CCN1CCc2c(c(COCC3CC3)nn2CC2CC2)C1. The van der Waals surface area contributed by atoms with Crippen LogP contribution >= 0.6 is 0 Å². The first-order valence-corrected chi connectivity index (χ1v) is 8.58. The van der Waals surface area contributed by atoms with Crippen molar-refractivity contribution in [2.75, 3.05) is 19.7 Å². The Kier molecular flexibility index (Phi) is 3.89. The summed E-state index contributed by atoms with van der Waals surface area (Å²) < 4.78 is 8.12. The average Bonchev–Trinajstić information content (AvgIpc) is 3.41. The Labute approximate surface area is 131 Å². The topological polar surface area (TPSA) is 54.1 Å². The maximum absolute atomic E-state index is 8.94. The zero-order valence-electron chi connectivity index (χ0n) is 13.1. The number of hydrogen-bond acceptors (Lipinski definition) is 4. The molecule has 1 aromatic heterocycles. The third-order valence-electron chi connectivity index (χ3n) is 5.01. The fourth-order valence-corrected chi connectivity index (χ4v) is 3.27. The molecule has 22 heavy (non-hydrogen) atoms. The Morgan fingerprint density at radius 1 is 1.23 bits per heavy atom. The number of fused-ring (bicyclic) bond motifs is 1. The van der Waals surface area contributed by atoms with E-state index in [1.54, 1.807) is 0 Å². The molecule has 0 radical (unpaired) electrons. The molecule has 2 aliphatic carbocycles. The van der Waals surface area contributed by atoms with Gasteiger partial charge in [-0.05, 0) is 37.5 Å². The predicted molar refractivity (Wildman–Crippen MR) is 81.9 cm³/mol. The first kappa shape index (κ1) is 14.2. The van der Waals surface area contributed by atoms with Gasteiger partial charge in [0.15, 0.2) is 0 Å². The van der Waals surface area contributed by atoms with Crippen LogP contribution in [-0.2, 0) is 30.9 Å². The van der Waals surface area contributed by atoms with E-state index >= 15 is 0 Å². The third-order valence-corrected chi connectivity index (χ3v) is 5.01.